The average Bonchev–Trinajstić information content (AvgIpc) is 3.25. The Balaban J connectivity index is 1.34. The van der Waals surface area contributed by atoms with Gasteiger partial charge in [0.1, 0.15) is 12.1 Å². The summed E-state index contributed by atoms with van der Waals surface area (Å²) in [5.41, 5.74) is 2.35. The van der Waals surface area contributed by atoms with Crippen molar-refractivity contribution in [3.05, 3.63) is 41.6 Å². The number of rotatable bonds is 5. The standard InChI is InChI=1S/C22H25F3N6O/c1-13-3-6-20(32-11-22(23,24)25)31-21(13)28-18(29-31)8-17-15-4-5-16(17)10-30(9-15)19-7-14(2)26-12-27-19/h3,6-7,12,15-17H,4-5,8-11H2,1-2H3/t15-,16+,17?. The molecular formula is C22H25F3N6O. The second-order valence-corrected chi connectivity index (χ2v) is 8.91. The predicted octanol–water partition coefficient (Wildman–Crippen LogP) is 3.78. The minimum absolute atomic E-state index is 0.0543. The maximum atomic E-state index is 12.6. The van der Waals surface area contributed by atoms with Gasteiger partial charge in [-0.25, -0.2) is 15.0 Å². The minimum atomic E-state index is -4.41. The smallest absolute Gasteiger partial charge is 0.422 e. The first kappa shape index (κ1) is 21.0. The molecular weight excluding hydrogens is 421 g/mol. The van der Waals surface area contributed by atoms with Gasteiger partial charge in [-0.2, -0.15) is 17.7 Å². The van der Waals surface area contributed by atoms with Gasteiger partial charge in [-0.05, 0) is 50.0 Å². The third-order valence-corrected chi connectivity index (χ3v) is 6.63. The molecule has 2 fully saturated rings. The number of ether oxygens (including phenoxy) is 1. The zero-order valence-electron chi connectivity index (χ0n) is 18.0. The Morgan fingerprint density at radius 2 is 1.84 bits per heavy atom. The van der Waals surface area contributed by atoms with Crippen LogP contribution in [0.3, 0.4) is 0 Å². The number of halogens is 3. The fourth-order valence-corrected chi connectivity index (χ4v) is 5.14. The van der Waals surface area contributed by atoms with Crippen molar-refractivity contribution in [2.45, 2.75) is 39.3 Å². The third kappa shape index (κ3) is 4.10. The highest BCUT2D eigenvalue weighted by atomic mass is 19.4. The SMILES string of the molecule is Cc1cc(N2C[C@H]3CC[C@@H](C2)C3Cc2nc3c(C)ccc(OCC(F)(F)F)n3n2)ncn1. The van der Waals surface area contributed by atoms with E-state index in [-0.39, 0.29) is 5.88 Å². The molecule has 1 aliphatic heterocycles. The Labute approximate surface area is 183 Å². The van der Waals surface area contributed by atoms with E-state index in [0.717, 1.165) is 43.0 Å². The summed E-state index contributed by atoms with van der Waals surface area (Å²) >= 11 is 0. The average molecular weight is 446 g/mol. The van der Waals surface area contributed by atoms with Gasteiger partial charge in [-0.15, -0.1) is 5.10 Å². The Morgan fingerprint density at radius 1 is 1.09 bits per heavy atom. The maximum Gasteiger partial charge on any atom is 0.422 e. The molecule has 3 aromatic heterocycles. The molecule has 1 aliphatic carbocycles. The highest BCUT2D eigenvalue weighted by Crippen LogP contribution is 2.44. The fourth-order valence-electron chi connectivity index (χ4n) is 5.14. The Morgan fingerprint density at radius 3 is 2.53 bits per heavy atom. The number of fused-ring (bicyclic) bond motifs is 3. The van der Waals surface area contributed by atoms with Gasteiger partial charge in [-0.1, -0.05) is 6.07 Å². The van der Waals surface area contributed by atoms with Crippen LogP contribution in [0, 0.1) is 31.6 Å². The lowest BCUT2D eigenvalue weighted by Gasteiger charge is -2.38. The number of pyridine rings is 1. The molecule has 0 spiro atoms. The quantitative estimate of drug-likeness (QED) is 0.594. The van der Waals surface area contributed by atoms with E-state index >= 15 is 0 Å². The van der Waals surface area contributed by atoms with Crippen LogP contribution in [0.2, 0.25) is 0 Å². The number of aryl methyl sites for hydroxylation is 2. The monoisotopic (exact) mass is 446 g/mol. The van der Waals surface area contributed by atoms with Crippen molar-refractivity contribution < 1.29 is 17.9 Å². The van der Waals surface area contributed by atoms with Crippen LogP contribution in [0.1, 0.15) is 29.9 Å². The zero-order valence-corrected chi connectivity index (χ0v) is 18.0. The molecule has 170 valence electrons. The van der Waals surface area contributed by atoms with E-state index in [9.17, 15) is 13.2 Å². The summed E-state index contributed by atoms with van der Waals surface area (Å²) in [6.45, 7) is 4.35. The van der Waals surface area contributed by atoms with Crippen molar-refractivity contribution in [1.29, 1.82) is 0 Å². The lowest BCUT2D eigenvalue weighted by molar-refractivity contribution is -0.154. The van der Waals surface area contributed by atoms with Crippen LogP contribution < -0.4 is 9.64 Å². The topological polar surface area (TPSA) is 68.4 Å². The molecule has 3 aromatic rings. The first-order valence-corrected chi connectivity index (χ1v) is 10.9. The van der Waals surface area contributed by atoms with Crippen molar-refractivity contribution in [1.82, 2.24) is 24.6 Å². The molecule has 2 bridgehead atoms. The number of piperidine rings is 1. The first-order chi connectivity index (χ1) is 15.3. The molecule has 1 saturated heterocycles. The molecule has 0 N–H and O–H groups in total. The summed E-state index contributed by atoms with van der Waals surface area (Å²) in [7, 11) is 0. The van der Waals surface area contributed by atoms with Crippen molar-refractivity contribution >= 4 is 11.5 Å². The normalized spacial score (nSPS) is 23.2. The van der Waals surface area contributed by atoms with Gasteiger partial charge < -0.3 is 9.64 Å². The molecule has 1 saturated carbocycles. The lowest BCUT2D eigenvalue weighted by atomic mass is 9.82. The van der Waals surface area contributed by atoms with Gasteiger partial charge in [-0.3, -0.25) is 0 Å². The summed E-state index contributed by atoms with van der Waals surface area (Å²) < 4.78 is 44.3. The second-order valence-electron chi connectivity index (χ2n) is 8.91. The highest BCUT2D eigenvalue weighted by molar-refractivity contribution is 5.49. The molecule has 4 heterocycles. The summed E-state index contributed by atoms with van der Waals surface area (Å²) in [5, 5.41) is 4.53. The van der Waals surface area contributed by atoms with Crippen LogP contribution in [-0.2, 0) is 6.42 Å². The van der Waals surface area contributed by atoms with Gasteiger partial charge in [0.15, 0.2) is 18.1 Å². The Kier molecular flexibility index (Phi) is 5.17. The molecule has 10 heteroatoms. The van der Waals surface area contributed by atoms with Crippen LogP contribution in [0.4, 0.5) is 19.0 Å². The Bertz CT molecular complexity index is 1120. The molecule has 0 aromatic carbocycles. The number of hydrogen-bond acceptors (Lipinski definition) is 6. The maximum absolute atomic E-state index is 12.6. The number of nitrogens with zero attached hydrogens (tertiary/aromatic N) is 6. The van der Waals surface area contributed by atoms with E-state index in [1.807, 2.05) is 19.9 Å². The molecule has 3 atom stereocenters. The summed E-state index contributed by atoms with van der Waals surface area (Å²) in [6, 6.07) is 5.25. The summed E-state index contributed by atoms with van der Waals surface area (Å²) in [4.78, 5) is 15.6. The lowest BCUT2D eigenvalue weighted by Crippen LogP contribution is -2.43. The van der Waals surface area contributed by atoms with Crippen molar-refractivity contribution in [3.8, 4) is 5.88 Å². The molecule has 5 rings (SSSR count). The van der Waals surface area contributed by atoms with Crippen molar-refractivity contribution in [3.63, 3.8) is 0 Å². The highest BCUT2D eigenvalue weighted by Gasteiger charge is 2.42. The minimum Gasteiger partial charge on any atom is -0.468 e. The van der Waals surface area contributed by atoms with Gasteiger partial charge in [0, 0.05) is 37.3 Å². The third-order valence-electron chi connectivity index (χ3n) is 6.63. The largest absolute Gasteiger partial charge is 0.468 e. The molecule has 1 unspecified atom stereocenters. The second kappa shape index (κ2) is 7.90. The molecule has 0 radical (unpaired) electrons. The van der Waals surface area contributed by atoms with Crippen LogP contribution in [0.25, 0.3) is 5.65 Å². The van der Waals surface area contributed by atoms with Gasteiger partial charge in [0.2, 0.25) is 5.88 Å². The van der Waals surface area contributed by atoms with Crippen LogP contribution in [0.5, 0.6) is 5.88 Å². The van der Waals surface area contributed by atoms with E-state index in [1.54, 1.807) is 12.4 Å². The van der Waals surface area contributed by atoms with Crippen LogP contribution in [0.15, 0.2) is 24.5 Å². The van der Waals surface area contributed by atoms with E-state index < -0.39 is 12.8 Å². The van der Waals surface area contributed by atoms with E-state index in [1.165, 1.54) is 10.6 Å². The van der Waals surface area contributed by atoms with E-state index in [4.69, 9.17) is 4.74 Å². The zero-order chi connectivity index (χ0) is 22.5. The summed E-state index contributed by atoms with van der Waals surface area (Å²) in [5.74, 6) is 3.16. The Hall–Kier alpha value is -2.91. The number of anilines is 1. The van der Waals surface area contributed by atoms with Gasteiger partial charge in [0.05, 0.1) is 0 Å². The fraction of sp³-hybridized carbons (Fsp3) is 0.545. The van der Waals surface area contributed by atoms with Crippen molar-refractivity contribution in [2.75, 3.05) is 24.6 Å². The van der Waals surface area contributed by atoms with Crippen LogP contribution in [-0.4, -0.2) is 50.4 Å². The molecule has 2 aliphatic rings. The predicted molar refractivity (Wildman–Crippen MR) is 112 cm³/mol. The summed E-state index contributed by atoms with van der Waals surface area (Å²) in [6.07, 6.45) is 0.228. The molecule has 0 amide bonds. The first-order valence-electron chi connectivity index (χ1n) is 10.9. The number of hydrogen-bond donors (Lipinski definition) is 0. The van der Waals surface area contributed by atoms with E-state index in [2.05, 4.69) is 25.0 Å². The number of aromatic nitrogens is 5. The van der Waals surface area contributed by atoms with E-state index in [0.29, 0.717) is 35.6 Å². The van der Waals surface area contributed by atoms with Gasteiger partial charge in [0.25, 0.3) is 0 Å². The molecule has 7 nitrogen and oxygen atoms in total. The van der Waals surface area contributed by atoms with Gasteiger partial charge >= 0.3 is 6.18 Å². The van der Waals surface area contributed by atoms with Crippen molar-refractivity contribution in [2.24, 2.45) is 17.8 Å². The van der Waals surface area contributed by atoms with Crippen LogP contribution >= 0.6 is 0 Å². The number of alkyl halides is 3. The molecule has 32 heavy (non-hydrogen) atoms.